The fourth-order valence-electron chi connectivity index (χ4n) is 4.24. The van der Waals surface area contributed by atoms with Gasteiger partial charge in [-0.2, -0.15) is 0 Å². The zero-order valence-electron chi connectivity index (χ0n) is 17.6. The number of aromatic nitrogens is 3. The van der Waals surface area contributed by atoms with E-state index in [1.807, 2.05) is 0 Å². The van der Waals surface area contributed by atoms with E-state index in [2.05, 4.69) is 14.9 Å². The van der Waals surface area contributed by atoms with Gasteiger partial charge < -0.3 is 14.2 Å². The summed E-state index contributed by atoms with van der Waals surface area (Å²) in [6.07, 6.45) is 6.76. The third-order valence-corrected chi connectivity index (χ3v) is 6.05. The number of hydrogen-bond donors (Lipinski definition) is 0. The maximum Gasteiger partial charge on any atom is 0.251 e. The number of pyridine rings is 3. The molecule has 0 atom stereocenters. The van der Waals surface area contributed by atoms with Crippen molar-refractivity contribution in [3.05, 3.63) is 64.2 Å². The lowest BCUT2D eigenvalue weighted by Crippen LogP contribution is -2.37. The first kappa shape index (κ1) is 21.4. The van der Waals surface area contributed by atoms with Gasteiger partial charge in [-0.15, -0.1) is 0 Å². The minimum Gasteiger partial charge on any atom is -0.479 e. The molecule has 4 heterocycles. The van der Waals surface area contributed by atoms with Crippen LogP contribution in [-0.4, -0.2) is 46.2 Å². The molecule has 1 aliphatic heterocycles. The molecule has 0 radical (unpaired) electrons. The molecule has 31 heavy (non-hydrogen) atoms. The van der Waals surface area contributed by atoms with Crippen LogP contribution < -0.4 is 10.3 Å². The summed E-state index contributed by atoms with van der Waals surface area (Å²) in [6.45, 7) is 3.14. The Morgan fingerprint density at radius 3 is 2.65 bits per heavy atom. The summed E-state index contributed by atoms with van der Waals surface area (Å²) in [4.78, 5) is 22.7. The van der Waals surface area contributed by atoms with Crippen LogP contribution in [0.25, 0.3) is 11.0 Å². The van der Waals surface area contributed by atoms with Gasteiger partial charge in [0.25, 0.3) is 5.56 Å². The monoisotopic (exact) mass is 428 g/mol. The second-order valence-corrected chi connectivity index (χ2v) is 8.04. The Balaban J connectivity index is 1.29. The highest BCUT2D eigenvalue weighted by Crippen LogP contribution is 2.23. The van der Waals surface area contributed by atoms with Crippen LogP contribution in [0.2, 0.25) is 0 Å². The highest BCUT2D eigenvalue weighted by Gasteiger charge is 2.19. The van der Waals surface area contributed by atoms with Crippen molar-refractivity contribution in [3.63, 3.8) is 0 Å². The Labute approximate surface area is 179 Å². The van der Waals surface area contributed by atoms with Crippen LogP contribution in [0.5, 0.6) is 5.88 Å². The van der Waals surface area contributed by atoms with Crippen molar-refractivity contribution in [2.24, 2.45) is 5.92 Å². The van der Waals surface area contributed by atoms with E-state index in [-0.39, 0.29) is 11.4 Å². The number of fused-ring (bicyclic) bond motifs is 1. The molecule has 0 spiro atoms. The van der Waals surface area contributed by atoms with Crippen LogP contribution in [0.1, 0.15) is 24.8 Å². The van der Waals surface area contributed by atoms with E-state index < -0.39 is 11.6 Å². The van der Waals surface area contributed by atoms with Gasteiger partial charge in [0.1, 0.15) is 5.82 Å². The van der Waals surface area contributed by atoms with E-state index in [1.165, 1.54) is 25.3 Å². The predicted octanol–water partition coefficient (Wildman–Crippen LogP) is 3.42. The lowest BCUT2D eigenvalue weighted by Gasteiger charge is -2.32. The molecule has 1 saturated heterocycles. The minimum absolute atomic E-state index is 0.0286. The molecule has 0 aliphatic carbocycles. The highest BCUT2D eigenvalue weighted by atomic mass is 19.1. The average Bonchev–Trinajstić information content (AvgIpc) is 2.78. The smallest absolute Gasteiger partial charge is 0.251 e. The third-order valence-electron chi connectivity index (χ3n) is 6.05. The van der Waals surface area contributed by atoms with Crippen molar-refractivity contribution in [2.75, 3.05) is 26.7 Å². The van der Waals surface area contributed by atoms with E-state index in [1.54, 1.807) is 16.8 Å². The first-order valence-electron chi connectivity index (χ1n) is 10.6. The van der Waals surface area contributed by atoms with E-state index in [0.29, 0.717) is 23.5 Å². The largest absolute Gasteiger partial charge is 0.479 e. The Morgan fingerprint density at radius 1 is 1.10 bits per heavy atom. The average molecular weight is 428 g/mol. The number of hydrogen-bond acceptors (Lipinski definition) is 5. The van der Waals surface area contributed by atoms with Gasteiger partial charge in [-0.1, -0.05) is 0 Å². The molecule has 1 aliphatic rings. The maximum absolute atomic E-state index is 13.8. The normalized spacial score (nSPS) is 15.5. The molecule has 0 unspecified atom stereocenters. The molecule has 4 rings (SSSR count). The third kappa shape index (κ3) is 5.07. The first-order valence-corrected chi connectivity index (χ1v) is 10.6. The molecule has 1 fully saturated rings. The summed E-state index contributed by atoms with van der Waals surface area (Å²) in [5, 5.41) is 0. The van der Waals surface area contributed by atoms with E-state index in [0.717, 1.165) is 57.1 Å². The Kier molecular flexibility index (Phi) is 6.56. The molecule has 0 bridgehead atoms. The summed E-state index contributed by atoms with van der Waals surface area (Å²) in [5.41, 5.74) is 1.89. The second-order valence-electron chi connectivity index (χ2n) is 8.04. The summed E-state index contributed by atoms with van der Waals surface area (Å²) >= 11 is 0. The van der Waals surface area contributed by atoms with Crippen molar-refractivity contribution in [1.29, 1.82) is 0 Å². The van der Waals surface area contributed by atoms with Crippen molar-refractivity contribution < 1.29 is 13.5 Å². The van der Waals surface area contributed by atoms with Gasteiger partial charge in [-0.3, -0.25) is 9.78 Å². The topological polar surface area (TPSA) is 60.2 Å². The van der Waals surface area contributed by atoms with Gasteiger partial charge in [0, 0.05) is 31.4 Å². The molecule has 8 heteroatoms. The second kappa shape index (κ2) is 9.51. The summed E-state index contributed by atoms with van der Waals surface area (Å²) in [5.74, 6) is -0.256. The van der Waals surface area contributed by atoms with Gasteiger partial charge in [-0.25, -0.2) is 13.8 Å². The fraction of sp³-hybridized carbons (Fsp3) is 0.435. The van der Waals surface area contributed by atoms with Gasteiger partial charge in [-0.05, 0) is 62.4 Å². The number of rotatable bonds is 7. The van der Waals surface area contributed by atoms with E-state index in [9.17, 15) is 13.6 Å². The molecule has 164 valence electrons. The van der Waals surface area contributed by atoms with Crippen molar-refractivity contribution in [3.8, 4) is 5.88 Å². The molecular formula is C23H26F2N4O2. The highest BCUT2D eigenvalue weighted by molar-refractivity contribution is 5.74. The number of piperidine rings is 1. The number of likely N-dealkylation sites (tertiary alicyclic amines) is 1. The number of methoxy groups -OCH3 is 1. The molecule has 0 amide bonds. The van der Waals surface area contributed by atoms with Crippen LogP contribution in [0.4, 0.5) is 8.78 Å². The number of ether oxygens (including phenoxy) is 1. The number of halogens is 2. The summed E-state index contributed by atoms with van der Waals surface area (Å²) in [7, 11) is 1.41. The molecule has 3 aromatic heterocycles. The number of nitrogens with zero attached hydrogens (tertiary/aromatic N) is 4. The number of aryl methyl sites for hydroxylation is 1. The lowest BCUT2D eigenvalue weighted by molar-refractivity contribution is 0.174. The predicted molar refractivity (Wildman–Crippen MR) is 114 cm³/mol. The fourth-order valence-corrected chi connectivity index (χ4v) is 4.24. The molecule has 3 aromatic rings. The zero-order valence-corrected chi connectivity index (χ0v) is 17.6. The molecular weight excluding hydrogens is 402 g/mol. The van der Waals surface area contributed by atoms with Gasteiger partial charge in [0.2, 0.25) is 5.88 Å². The Bertz CT molecular complexity index is 1110. The van der Waals surface area contributed by atoms with Crippen LogP contribution in [0.15, 0.2) is 41.5 Å². The minimum atomic E-state index is -0.445. The first-order chi connectivity index (χ1) is 15.0. The van der Waals surface area contributed by atoms with Crippen molar-refractivity contribution >= 4 is 11.0 Å². The quantitative estimate of drug-likeness (QED) is 0.577. The lowest BCUT2D eigenvalue weighted by atomic mass is 9.91. The maximum atomic E-state index is 13.8. The van der Waals surface area contributed by atoms with Crippen LogP contribution >= 0.6 is 0 Å². The zero-order chi connectivity index (χ0) is 21.8. The summed E-state index contributed by atoms with van der Waals surface area (Å²) < 4.78 is 33.9. The molecule has 0 N–H and O–H groups in total. The molecule has 6 nitrogen and oxygen atoms in total. The van der Waals surface area contributed by atoms with Crippen molar-refractivity contribution in [2.45, 2.75) is 32.2 Å². The van der Waals surface area contributed by atoms with Gasteiger partial charge in [0.05, 0.1) is 24.3 Å². The Morgan fingerprint density at radius 2 is 1.90 bits per heavy atom. The molecule has 0 saturated carbocycles. The van der Waals surface area contributed by atoms with Gasteiger partial charge in [0.15, 0.2) is 5.82 Å². The Hall–Kier alpha value is -2.87. The van der Waals surface area contributed by atoms with E-state index in [4.69, 9.17) is 4.74 Å². The summed E-state index contributed by atoms with van der Waals surface area (Å²) in [6, 6.07) is 5.98. The SMILES string of the molecule is COc1ncc(CCC2CCN(CCn3c(=O)ccc4ncc(F)cc43)CC2)cc1F. The molecule has 0 aromatic carbocycles. The van der Waals surface area contributed by atoms with E-state index >= 15 is 0 Å². The van der Waals surface area contributed by atoms with Crippen molar-refractivity contribution in [1.82, 2.24) is 19.4 Å². The standard InChI is InChI=1S/C23H26F2N4O2/c1-31-23-19(25)12-17(14-27-23)3-2-16-6-8-28(9-7-16)10-11-29-21-13-18(24)15-26-20(21)4-5-22(29)30/h4-5,12-16H,2-3,6-11H2,1H3. The van der Waals surface area contributed by atoms with Crippen LogP contribution in [0, 0.1) is 17.6 Å². The van der Waals surface area contributed by atoms with Crippen LogP contribution in [-0.2, 0) is 13.0 Å². The van der Waals surface area contributed by atoms with Crippen LogP contribution in [0.3, 0.4) is 0 Å². The van der Waals surface area contributed by atoms with Gasteiger partial charge >= 0.3 is 0 Å².